The first-order chi connectivity index (χ1) is 17.3. The summed E-state index contributed by atoms with van der Waals surface area (Å²) >= 11 is 0. The highest BCUT2D eigenvalue weighted by Crippen LogP contribution is 2.11. The van der Waals surface area contributed by atoms with Crippen molar-refractivity contribution in [1.29, 1.82) is 0 Å². The summed E-state index contributed by atoms with van der Waals surface area (Å²) in [6, 6.07) is 6.00. The second-order valence-electron chi connectivity index (χ2n) is 6.93. The molecule has 1 aromatic rings. The summed E-state index contributed by atoms with van der Waals surface area (Å²) in [7, 11) is 0. The predicted molar refractivity (Wildman–Crippen MR) is 126 cm³/mol. The van der Waals surface area contributed by atoms with Crippen molar-refractivity contribution in [2.24, 2.45) is 0 Å². The Morgan fingerprint density at radius 3 is 1.17 bits per heavy atom. The summed E-state index contributed by atoms with van der Waals surface area (Å²) in [5, 5.41) is 8.55. The Bertz CT molecular complexity index is 567. The minimum absolute atomic E-state index is 0.0234. The van der Waals surface area contributed by atoms with Gasteiger partial charge in [-0.3, -0.25) is 0 Å². The molecule has 0 saturated carbocycles. The number of aliphatic hydroxyl groups is 1. The van der Waals surface area contributed by atoms with Crippen LogP contribution in [0.1, 0.15) is 0 Å². The fourth-order valence-corrected chi connectivity index (χ4v) is 2.48. The van der Waals surface area contributed by atoms with Gasteiger partial charge in [0.05, 0.1) is 112 Å². The molecule has 1 N–H and O–H groups in total. The lowest BCUT2D eigenvalue weighted by atomic mass is 10.3. The predicted octanol–water partition coefficient (Wildman–Crippen LogP) is 1.33. The molecule has 204 valence electrons. The minimum atomic E-state index is -0.325. The third-order valence-electron chi connectivity index (χ3n) is 4.13. The standard InChI is InChI=1S/C24H41FO10/c25-23-2-1-3-24(22-23)35-21-20-34-19-18-33-17-16-32-15-14-31-13-12-30-11-10-29-9-8-28-7-6-27-5-4-26/h1-3,22,26H,4-21H2. The van der Waals surface area contributed by atoms with Gasteiger partial charge < -0.3 is 47.7 Å². The molecule has 11 heteroatoms. The van der Waals surface area contributed by atoms with Crippen molar-refractivity contribution in [3.63, 3.8) is 0 Å². The molecule has 0 unspecified atom stereocenters. The lowest BCUT2D eigenvalue weighted by Gasteiger charge is -2.09. The van der Waals surface area contributed by atoms with Gasteiger partial charge in [-0.05, 0) is 12.1 Å². The van der Waals surface area contributed by atoms with Gasteiger partial charge >= 0.3 is 0 Å². The van der Waals surface area contributed by atoms with Gasteiger partial charge in [-0.2, -0.15) is 0 Å². The Labute approximate surface area is 207 Å². The van der Waals surface area contributed by atoms with Gasteiger partial charge in [0.2, 0.25) is 0 Å². The second kappa shape index (κ2) is 25.7. The molecule has 0 saturated heterocycles. The molecule has 0 aliphatic rings. The van der Waals surface area contributed by atoms with E-state index in [4.69, 9.17) is 47.7 Å². The normalized spacial score (nSPS) is 11.3. The zero-order valence-electron chi connectivity index (χ0n) is 20.5. The molecule has 1 rings (SSSR count). The van der Waals surface area contributed by atoms with Crippen LogP contribution in [0.15, 0.2) is 24.3 Å². The first kappa shape index (κ1) is 31.6. The van der Waals surface area contributed by atoms with Crippen molar-refractivity contribution in [3.05, 3.63) is 30.1 Å². The lowest BCUT2D eigenvalue weighted by Crippen LogP contribution is -2.15. The molecule has 0 spiro atoms. The van der Waals surface area contributed by atoms with Crippen LogP contribution in [-0.4, -0.2) is 124 Å². The number of ether oxygens (including phenoxy) is 9. The molecule has 35 heavy (non-hydrogen) atoms. The maximum Gasteiger partial charge on any atom is 0.126 e. The van der Waals surface area contributed by atoms with Crippen molar-refractivity contribution >= 4 is 0 Å². The van der Waals surface area contributed by atoms with Crippen molar-refractivity contribution < 1.29 is 52.1 Å². The fourth-order valence-electron chi connectivity index (χ4n) is 2.48. The van der Waals surface area contributed by atoms with Gasteiger partial charge in [0.15, 0.2) is 0 Å². The number of halogens is 1. The molecule has 0 fully saturated rings. The summed E-state index contributed by atoms with van der Waals surface area (Å²) in [6.45, 7) is 7.94. The Kier molecular flexibility index (Phi) is 23.2. The lowest BCUT2D eigenvalue weighted by molar-refractivity contribution is -0.0242. The van der Waals surface area contributed by atoms with E-state index in [0.717, 1.165) is 0 Å². The average Bonchev–Trinajstić information content (AvgIpc) is 2.86. The monoisotopic (exact) mass is 508 g/mol. The summed E-state index contributed by atoms with van der Waals surface area (Å²) in [6.07, 6.45) is 0. The smallest absolute Gasteiger partial charge is 0.126 e. The van der Waals surface area contributed by atoms with E-state index in [0.29, 0.717) is 118 Å². The maximum absolute atomic E-state index is 13.0. The third kappa shape index (κ3) is 22.8. The summed E-state index contributed by atoms with van der Waals surface area (Å²) < 4.78 is 61.2. The molecule has 1 aromatic carbocycles. The number of aliphatic hydroxyl groups excluding tert-OH is 1. The van der Waals surface area contributed by atoms with Gasteiger partial charge in [-0.1, -0.05) is 6.07 Å². The van der Waals surface area contributed by atoms with Crippen LogP contribution >= 0.6 is 0 Å². The molecule has 0 aromatic heterocycles. The van der Waals surface area contributed by atoms with Crippen molar-refractivity contribution in [2.75, 3.05) is 119 Å². The fraction of sp³-hybridized carbons (Fsp3) is 0.750. The van der Waals surface area contributed by atoms with Crippen LogP contribution in [0.2, 0.25) is 0 Å². The van der Waals surface area contributed by atoms with Crippen molar-refractivity contribution in [3.8, 4) is 5.75 Å². The Morgan fingerprint density at radius 2 is 0.829 bits per heavy atom. The average molecular weight is 509 g/mol. The SMILES string of the molecule is OCCOCCOCCOCCOCCOCCOCCOCCOCCOc1cccc(F)c1. The van der Waals surface area contributed by atoms with E-state index < -0.39 is 0 Å². The van der Waals surface area contributed by atoms with E-state index in [1.807, 2.05) is 0 Å². The molecule has 0 bridgehead atoms. The van der Waals surface area contributed by atoms with Crippen molar-refractivity contribution in [1.82, 2.24) is 0 Å². The van der Waals surface area contributed by atoms with Crippen molar-refractivity contribution in [2.45, 2.75) is 0 Å². The van der Waals surface area contributed by atoms with Crippen LogP contribution in [0.4, 0.5) is 4.39 Å². The van der Waals surface area contributed by atoms with E-state index in [9.17, 15) is 4.39 Å². The van der Waals surface area contributed by atoms with E-state index >= 15 is 0 Å². The van der Waals surface area contributed by atoms with Crippen LogP contribution in [0.3, 0.4) is 0 Å². The van der Waals surface area contributed by atoms with Gasteiger partial charge in [-0.15, -0.1) is 0 Å². The van der Waals surface area contributed by atoms with E-state index in [1.54, 1.807) is 12.1 Å². The third-order valence-corrected chi connectivity index (χ3v) is 4.13. The topological polar surface area (TPSA) is 103 Å². The quantitative estimate of drug-likeness (QED) is 0.175. The highest BCUT2D eigenvalue weighted by Gasteiger charge is 1.97. The molecule has 0 radical (unpaired) electrons. The molecular formula is C24H41FO10. The molecule has 0 aliphatic carbocycles. The van der Waals surface area contributed by atoms with Gasteiger partial charge in [-0.25, -0.2) is 4.39 Å². The highest BCUT2D eigenvalue weighted by molar-refractivity contribution is 5.22. The highest BCUT2D eigenvalue weighted by atomic mass is 19.1. The molecule has 0 atom stereocenters. The summed E-state index contributed by atoms with van der Waals surface area (Å²) in [4.78, 5) is 0. The van der Waals surface area contributed by atoms with E-state index in [2.05, 4.69) is 0 Å². The molecule has 0 amide bonds. The summed E-state index contributed by atoms with van der Waals surface area (Å²) in [5.41, 5.74) is 0. The first-order valence-electron chi connectivity index (χ1n) is 11.9. The molecule has 0 heterocycles. The van der Waals surface area contributed by atoms with Crippen LogP contribution in [0.25, 0.3) is 0 Å². The Balaban J connectivity index is 1.66. The van der Waals surface area contributed by atoms with Crippen LogP contribution in [0, 0.1) is 5.82 Å². The van der Waals surface area contributed by atoms with Crippen LogP contribution < -0.4 is 4.74 Å². The summed E-state index contributed by atoms with van der Waals surface area (Å²) in [5.74, 6) is 0.161. The number of rotatable bonds is 27. The maximum atomic E-state index is 13.0. The van der Waals surface area contributed by atoms with Gasteiger partial charge in [0.25, 0.3) is 0 Å². The second-order valence-corrected chi connectivity index (χ2v) is 6.93. The van der Waals surface area contributed by atoms with Gasteiger partial charge in [0, 0.05) is 6.07 Å². The van der Waals surface area contributed by atoms with E-state index in [1.165, 1.54) is 12.1 Å². The van der Waals surface area contributed by atoms with Crippen LogP contribution in [-0.2, 0) is 37.9 Å². The molecule has 0 aliphatic heterocycles. The van der Waals surface area contributed by atoms with Crippen LogP contribution in [0.5, 0.6) is 5.75 Å². The zero-order chi connectivity index (χ0) is 25.1. The Hall–Kier alpha value is -1.41. The minimum Gasteiger partial charge on any atom is -0.491 e. The zero-order valence-corrected chi connectivity index (χ0v) is 20.5. The molecule has 10 nitrogen and oxygen atoms in total. The van der Waals surface area contributed by atoms with Gasteiger partial charge in [0.1, 0.15) is 18.2 Å². The largest absolute Gasteiger partial charge is 0.491 e. The number of benzene rings is 1. The Morgan fingerprint density at radius 1 is 0.486 bits per heavy atom. The first-order valence-corrected chi connectivity index (χ1v) is 11.9. The number of hydrogen-bond acceptors (Lipinski definition) is 10. The van der Waals surface area contributed by atoms with E-state index in [-0.39, 0.29) is 12.4 Å². The number of hydrogen-bond donors (Lipinski definition) is 1. The molecular weight excluding hydrogens is 467 g/mol.